The van der Waals surface area contributed by atoms with Gasteiger partial charge in [-0.15, -0.1) is 11.3 Å². The molecule has 7 N–H and O–H groups in total. The Hall–Kier alpha value is -3.01. The number of rotatable bonds is 3. The summed E-state index contributed by atoms with van der Waals surface area (Å²) < 4.78 is 14.6. The highest BCUT2D eigenvalue weighted by Gasteiger charge is 2.22. The van der Waals surface area contributed by atoms with E-state index in [4.69, 9.17) is 17.4 Å². The van der Waals surface area contributed by atoms with E-state index in [0.29, 0.717) is 17.0 Å². The van der Waals surface area contributed by atoms with Crippen LogP contribution in [0.2, 0.25) is 0 Å². The molecular weight excluding hydrogens is 413 g/mol. The zero-order chi connectivity index (χ0) is 22.1. The van der Waals surface area contributed by atoms with E-state index in [1.165, 1.54) is 10.4 Å². The summed E-state index contributed by atoms with van der Waals surface area (Å²) in [6.07, 6.45) is 2.73. The number of aryl methyl sites for hydroxylation is 1. The number of aromatic nitrogens is 1. The van der Waals surface area contributed by atoms with Crippen LogP contribution in [0.5, 0.6) is 0 Å². The number of pyridine rings is 1. The first-order valence-corrected chi connectivity index (χ1v) is 10.9. The van der Waals surface area contributed by atoms with Crippen molar-refractivity contribution in [2.75, 3.05) is 23.8 Å². The summed E-state index contributed by atoms with van der Waals surface area (Å²) in [5.41, 5.74) is 9.45. The molecule has 1 unspecified atom stereocenters. The normalized spacial score (nSPS) is 16.6. The number of nitrogens with zero attached hydrogens (tertiary/aromatic N) is 3. The van der Waals surface area contributed by atoms with Gasteiger partial charge in [0.25, 0.3) is 0 Å². The summed E-state index contributed by atoms with van der Waals surface area (Å²) in [6.45, 7) is 5.82. The SMILES string of the molecule is Cc1cccc(N(N)/C(=N\N)c2cc(-c3cc4c(s3)CCNCC4C)cnc2N)c1F. The Labute approximate surface area is 184 Å². The molecule has 162 valence electrons. The third-order valence-electron chi connectivity index (χ3n) is 5.58. The van der Waals surface area contributed by atoms with Crippen molar-refractivity contribution in [3.05, 3.63) is 63.9 Å². The van der Waals surface area contributed by atoms with Crippen LogP contribution in [-0.2, 0) is 6.42 Å². The maximum Gasteiger partial charge on any atom is 0.178 e. The highest BCUT2D eigenvalue weighted by atomic mass is 32.1. The molecule has 0 saturated carbocycles. The van der Waals surface area contributed by atoms with E-state index in [9.17, 15) is 4.39 Å². The molecule has 0 amide bonds. The standard InChI is InChI=1S/C22H26FN7S/c1-12-4-3-5-17(20(12)23)30(26)22(29-25)16-8-14(11-28-21(16)24)19-9-15-13(2)10-27-7-6-18(15)31-19/h3-5,8-9,11,13,27H,6-7,10,25-26H2,1-2H3,(H2,24,28)/b29-22-. The molecule has 0 radical (unpaired) electrons. The van der Waals surface area contributed by atoms with Crippen LogP contribution in [0.3, 0.4) is 0 Å². The van der Waals surface area contributed by atoms with Crippen LogP contribution in [-0.4, -0.2) is 23.9 Å². The lowest BCUT2D eigenvalue weighted by atomic mass is 10.0. The number of hydrazine groups is 1. The van der Waals surface area contributed by atoms with Gasteiger partial charge in [-0.3, -0.25) is 5.01 Å². The average Bonchev–Trinajstić information content (AvgIpc) is 3.11. The molecule has 2 aromatic heterocycles. The van der Waals surface area contributed by atoms with Gasteiger partial charge in [0.15, 0.2) is 11.7 Å². The number of hydrazone groups is 1. The lowest BCUT2D eigenvalue weighted by Crippen LogP contribution is -2.40. The van der Waals surface area contributed by atoms with Crippen molar-refractivity contribution in [1.82, 2.24) is 10.3 Å². The topological polar surface area (TPSA) is 119 Å². The first kappa shape index (κ1) is 21.2. The predicted molar refractivity (Wildman–Crippen MR) is 125 cm³/mol. The van der Waals surface area contributed by atoms with Gasteiger partial charge in [0.1, 0.15) is 5.82 Å². The first-order chi connectivity index (χ1) is 14.9. The smallest absolute Gasteiger partial charge is 0.178 e. The summed E-state index contributed by atoms with van der Waals surface area (Å²) in [5, 5.41) is 8.39. The molecule has 0 bridgehead atoms. The van der Waals surface area contributed by atoms with Gasteiger partial charge in [-0.1, -0.05) is 19.1 Å². The predicted octanol–water partition coefficient (Wildman–Crippen LogP) is 3.09. The van der Waals surface area contributed by atoms with Gasteiger partial charge in [0.2, 0.25) is 0 Å². The molecule has 1 aliphatic heterocycles. The molecular formula is C22H26FN7S. The second kappa shape index (κ2) is 8.62. The Kier molecular flexibility index (Phi) is 5.90. The third kappa shape index (κ3) is 3.99. The van der Waals surface area contributed by atoms with Crippen molar-refractivity contribution in [2.45, 2.75) is 26.2 Å². The number of hydrogen-bond donors (Lipinski definition) is 4. The van der Waals surface area contributed by atoms with Gasteiger partial charge in [0.05, 0.1) is 11.3 Å². The highest BCUT2D eigenvalue weighted by molar-refractivity contribution is 7.15. The number of hydrogen-bond acceptors (Lipinski definition) is 7. The van der Waals surface area contributed by atoms with Gasteiger partial charge in [-0.2, -0.15) is 5.10 Å². The zero-order valence-corrected chi connectivity index (χ0v) is 18.3. The van der Waals surface area contributed by atoms with Gasteiger partial charge in [-0.25, -0.2) is 15.2 Å². The summed E-state index contributed by atoms with van der Waals surface area (Å²) in [6, 6.07) is 9.02. The van der Waals surface area contributed by atoms with Crippen LogP contribution in [0.4, 0.5) is 15.9 Å². The minimum Gasteiger partial charge on any atom is -0.383 e. The first-order valence-electron chi connectivity index (χ1n) is 10.1. The summed E-state index contributed by atoms with van der Waals surface area (Å²) in [4.78, 5) is 6.81. The second-order valence-corrected chi connectivity index (χ2v) is 8.87. The largest absolute Gasteiger partial charge is 0.383 e. The van der Waals surface area contributed by atoms with Crippen LogP contribution in [0, 0.1) is 12.7 Å². The van der Waals surface area contributed by atoms with Crippen LogP contribution in [0.25, 0.3) is 10.4 Å². The van der Waals surface area contributed by atoms with Crippen molar-refractivity contribution in [3.8, 4) is 10.4 Å². The number of amidine groups is 1. The van der Waals surface area contributed by atoms with E-state index in [2.05, 4.69) is 28.4 Å². The second-order valence-electron chi connectivity index (χ2n) is 7.73. The third-order valence-corrected chi connectivity index (χ3v) is 6.84. The number of benzene rings is 1. The molecule has 1 aromatic carbocycles. The average molecular weight is 440 g/mol. The number of nitrogens with two attached hydrogens (primary N) is 3. The van der Waals surface area contributed by atoms with Crippen molar-refractivity contribution >= 4 is 28.7 Å². The van der Waals surface area contributed by atoms with Gasteiger partial charge in [-0.05, 0) is 55.1 Å². The molecule has 0 fully saturated rings. The lowest BCUT2D eigenvalue weighted by molar-refractivity contribution is 0.617. The highest BCUT2D eigenvalue weighted by Crippen LogP contribution is 2.37. The van der Waals surface area contributed by atoms with Crippen LogP contribution in [0.15, 0.2) is 41.6 Å². The van der Waals surface area contributed by atoms with Crippen LogP contribution in [0.1, 0.15) is 34.4 Å². The maximum absolute atomic E-state index is 14.6. The van der Waals surface area contributed by atoms with Gasteiger partial charge in [0, 0.05) is 28.1 Å². The fourth-order valence-corrected chi connectivity index (χ4v) is 5.07. The minimum atomic E-state index is -0.446. The molecule has 3 heterocycles. The Morgan fingerprint density at radius 3 is 2.94 bits per heavy atom. The lowest BCUT2D eigenvalue weighted by Gasteiger charge is -2.22. The summed E-state index contributed by atoms with van der Waals surface area (Å²) in [7, 11) is 0. The molecule has 0 aliphatic carbocycles. The summed E-state index contributed by atoms with van der Waals surface area (Å²) in [5.74, 6) is 12.2. The number of nitrogens with one attached hydrogen (secondary N) is 1. The van der Waals surface area contributed by atoms with E-state index in [1.54, 1.807) is 42.7 Å². The summed E-state index contributed by atoms with van der Waals surface area (Å²) >= 11 is 1.75. The Morgan fingerprint density at radius 1 is 1.35 bits per heavy atom. The van der Waals surface area contributed by atoms with E-state index in [1.807, 2.05) is 6.07 Å². The number of thiophene rings is 1. The van der Waals surface area contributed by atoms with Crippen molar-refractivity contribution in [2.24, 2.45) is 16.8 Å². The van der Waals surface area contributed by atoms with Crippen molar-refractivity contribution in [1.29, 1.82) is 0 Å². The van der Waals surface area contributed by atoms with Crippen molar-refractivity contribution in [3.63, 3.8) is 0 Å². The Bertz CT molecular complexity index is 1140. The Balaban J connectivity index is 1.74. The maximum atomic E-state index is 14.6. The molecule has 9 heteroatoms. The van der Waals surface area contributed by atoms with Gasteiger partial charge < -0.3 is 16.9 Å². The van der Waals surface area contributed by atoms with E-state index < -0.39 is 5.82 Å². The molecule has 0 spiro atoms. The minimum absolute atomic E-state index is 0.132. The van der Waals surface area contributed by atoms with E-state index in [0.717, 1.165) is 35.0 Å². The quantitative estimate of drug-likeness (QED) is 0.216. The van der Waals surface area contributed by atoms with E-state index >= 15 is 0 Å². The monoisotopic (exact) mass is 439 g/mol. The van der Waals surface area contributed by atoms with E-state index in [-0.39, 0.29) is 17.3 Å². The fraction of sp³-hybridized carbons (Fsp3) is 0.273. The fourth-order valence-electron chi connectivity index (χ4n) is 3.81. The number of fused-ring (bicyclic) bond motifs is 1. The van der Waals surface area contributed by atoms with Crippen LogP contribution >= 0.6 is 11.3 Å². The molecule has 7 nitrogen and oxygen atoms in total. The molecule has 1 atom stereocenters. The van der Waals surface area contributed by atoms with Crippen molar-refractivity contribution < 1.29 is 4.39 Å². The number of halogens is 1. The molecule has 31 heavy (non-hydrogen) atoms. The molecule has 0 saturated heterocycles. The molecule has 3 aromatic rings. The molecule has 1 aliphatic rings. The number of nitrogen functional groups attached to an aromatic ring is 1. The number of anilines is 2. The zero-order valence-electron chi connectivity index (χ0n) is 17.5. The molecule has 4 rings (SSSR count). The van der Waals surface area contributed by atoms with Crippen LogP contribution < -0.4 is 27.7 Å². The van der Waals surface area contributed by atoms with Gasteiger partial charge >= 0.3 is 0 Å². The Morgan fingerprint density at radius 2 is 2.16 bits per heavy atom.